The zero-order valence-electron chi connectivity index (χ0n) is 14.3. The van der Waals surface area contributed by atoms with Crippen LogP contribution in [0.1, 0.15) is 11.1 Å². The fraction of sp³-hybridized carbons (Fsp3) is 0.211. The van der Waals surface area contributed by atoms with E-state index in [4.69, 9.17) is 19.3 Å². The molecule has 5 rings (SSSR count). The Labute approximate surface area is 158 Å². The Morgan fingerprint density at radius 1 is 1.07 bits per heavy atom. The molecule has 1 unspecified atom stereocenters. The van der Waals surface area contributed by atoms with Crippen LogP contribution in [0.5, 0.6) is 17.2 Å². The first-order chi connectivity index (χ1) is 13.5. The lowest BCUT2D eigenvalue weighted by Crippen LogP contribution is -2.44. The summed E-state index contributed by atoms with van der Waals surface area (Å²) in [5.41, 5.74) is 0.629. The average molecular weight is 383 g/mol. The van der Waals surface area contributed by atoms with Crippen molar-refractivity contribution in [3.63, 3.8) is 0 Å². The minimum atomic E-state index is -1.72. The van der Waals surface area contributed by atoms with Crippen molar-refractivity contribution in [1.29, 1.82) is 0 Å². The number of nitrogens with zero attached hydrogens (tertiary/aromatic N) is 1. The molecule has 142 valence electrons. The predicted molar refractivity (Wildman–Crippen MR) is 91.8 cm³/mol. The lowest BCUT2D eigenvalue weighted by atomic mass is 9.77. The third-order valence-electron chi connectivity index (χ3n) is 5.13. The normalized spacial score (nSPS) is 20.7. The van der Waals surface area contributed by atoms with E-state index in [0.29, 0.717) is 34.1 Å². The van der Waals surface area contributed by atoms with E-state index in [1.54, 1.807) is 36.4 Å². The molecule has 0 radical (unpaired) electrons. The molecule has 9 heteroatoms. The summed E-state index contributed by atoms with van der Waals surface area (Å²) in [7, 11) is 0. The molecule has 0 aromatic heterocycles. The fourth-order valence-electron chi connectivity index (χ4n) is 3.98. The van der Waals surface area contributed by atoms with Crippen LogP contribution in [0.15, 0.2) is 36.4 Å². The van der Waals surface area contributed by atoms with Gasteiger partial charge in [0.05, 0.1) is 0 Å². The topological polar surface area (TPSA) is 112 Å². The van der Waals surface area contributed by atoms with Crippen molar-refractivity contribution in [2.75, 3.05) is 24.8 Å². The number of rotatable bonds is 2. The highest BCUT2D eigenvalue weighted by atomic mass is 16.7. The maximum atomic E-state index is 13.5. The van der Waals surface area contributed by atoms with E-state index < -0.39 is 30.0 Å². The second-order valence-corrected chi connectivity index (χ2v) is 6.54. The van der Waals surface area contributed by atoms with Crippen LogP contribution in [0.2, 0.25) is 0 Å². The highest BCUT2D eigenvalue weighted by Gasteiger charge is 2.57. The minimum absolute atomic E-state index is 0.0472. The Kier molecular flexibility index (Phi) is 3.30. The number of fused-ring (bicyclic) bond motifs is 5. The second-order valence-electron chi connectivity index (χ2n) is 6.54. The summed E-state index contributed by atoms with van der Waals surface area (Å²) in [4.78, 5) is 37.3. The summed E-state index contributed by atoms with van der Waals surface area (Å²) < 4.78 is 20.8. The number of carbonyl (C=O) groups excluding carboxylic acids is 2. The van der Waals surface area contributed by atoms with Crippen LogP contribution < -0.4 is 19.1 Å². The second kappa shape index (κ2) is 5.62. The Morgan fingerprint density at radius 3 is 2.61 bits per heavy atom. The number of ether oxygens (including phenoxy) is 4. The zero-order chi connectivity index (χ0) is 19.5. The molecule has 3 aliphatic heterocycles. The maximum Gasteiger partial charge on any atom is 0.513 e. The van der Waals surface area contributed by atoms with E-state index in [2.05, 4.69) is 4.74 Å². The molecule has 0 saturated heterocycles. The van der Waals surface area contributed by atoms with Gasteiger partial charge in [-0.1, -0.05) is 18.2 Å². The van der Waals surface area contributed by atoms with E-state index in [9.17, 15) is 14.4 Å². The third kappa shape index (κ3) is 2.10. The van der Waals surface area contributed by atoms with Gasteiger partial charge in [0.2, 0.25) is 12.7 Å². The zero-order valence-corrected chi connectivity index (χ0v) is 14.3. The number of benzene rings is 2. The quantitative estimate of drug-likeness (QED) is 0.616. The summed E-state index contributed by atoms with van der Waals surface area (Å²) in [5.74, 6) is 0.114. The molecular formula is C19H13NO8. The van der Waals surface area contributed by atoms with Gasteiger partial charge < -0.3 is 24.1 Å². The van der Waals surface area contributed by atoms with Crippen LogP contribution in [0.3, 0.4) is 0 Å². The SMILES string of the molecule is O=C(O)OC(=O)CN1C(=O)C2(COc3cc4c(cc32)OCO4)c2ccccc21. The first-order valence-corrected chi connectivity index (χ1v) is 8.43. The van der Waals surface area contributed by atoms with Gasteiger partial charge in [-0.25, -0.2) is 9.59 Å². The predicted octanol–water partition coefficient (Wildman–Crippen LogP) is 1.66. The van der Waals surface area contributed by atoms with Gasteiger partial charge in [-0.05, 0) is 17.7 Å². The lowest BCUT2D eigenvalue weighted by molar-refractivity contribution is -0.138. The molecule has 2 aromatic carbocycles. The summed E-state index contributed by atoms with van der Waals surface area (Å²) in [6.45, 7) is -0.391. The summed E-state index contributed by atoms with van der Waals surface area (Å²) >= 11 is 0. The Bertz CT molecular complexity index is 1050. The summed E-state index contributed by atoms with van der Waals surface area (Å²) in [6, 6.07) is 10.4. The highest BCUT2D eigenvalue weighted by Crippen LogP contribution is 2.54. The van der Waals surface area contributed by atoms with Gasteiger partial charge in [0.25, 0.3) is 0 Å². The van der Waals surface area contributed by atoms with Gasteiger partial charge in [0, 0.05) is 17.3 Å². The van der Waals surface area contributed by atoms with Crippen molar-refractivity contribution in [2.45, 2.75) is 5.41 Å². The van der Waals surface area contributed by atoms with Gasteiger partial charge >= 0.3 is 12.1 Å². The number of para-hydroxylation sites is 1. The van der Waals surface area contributed by atoms with E-state index >= 15 is 0 Å². The van der Waals surface area contributed by atoms with E-state index in [0.717, 1.165) is 0 Å². The van der Waals surface area contributed by atoms with Crippen LogP contribution in [0.25, 0.3) is 0 Å². The molecule has 2 aromatic rings. The molecule has 0 saturated carbocycles. The number of esters is 1. The van der Waals surface area contributed by atoms with Crippen molar-refractivity contribution in [3.8, 4) is 17.2 Å². The van der Waals surface area contributed by atoms with Crippen molar-refractivity contribution < 1.29 is 38.4 Å². The van der Waals surface area contributed by atoms with E-state index in [1.807, 2.05) is 0 Å². The number of amides is 1. The largest absolute Gasteiger partial charge is 0.513 e. The first kappa shape index (κ1) is 16.4. The molecule has 0 bridgehead atoms. The molecule has 28 heavy (non-hydrogen) atoms. The van der Waals surface area contributed by atoms with Gasteiger partial charge in [-0.15, -0.1) is 0 Å². The van der Waals surface area contributed by atoms with Crippen LogP contribution in [0.4, 0.5) is 10.5 Å². The van der Waals surface area contributed by atoms with Crippen molar-refractivity contribution in [3.05, 3.63) is 47.5 Å². The van der Waals surface area contributed by atoms with Gasteiger partial charge in [0.1, 0.15) is 24.3 Å². The van der Waals surface area contributed by atoms with Crippen molar-refractivity contribution >= 4 is 23.7 Å². The number of hydrogen-bond acceptors (Lipinski definition) is 7. The monoisotopic (exact) mass is 383 g/mol. The van der Waals surface area contributed by atoms with Gasteiger partial charge in [-0.2, -0.15) is 0 Å². The van der Waals surface area contributed by atoms with Crippen LogP contribution in [-0.2, 0) is 19.7 Å². The molecule has 0 aliphatic carbocycles. The highest BCUT2D eigenvalue weighted by molar-refractivity contribution is 6.13. The average Bonchev–Trinajstić information content (AvgIpc) is 3.33. The molecule has 1 spiro atoms. The number of carboxylic acid groups (broad SMARTS) is 1. The third-order valence-corrected chi connectivity index (χ3v) is 5.13. The minimum Gasteiger partial charge on any atom is -0.491 e. The molecule has 3 aliphatic rings. The number of anilines is 1. The Morgan fingerprint density at radius 2 is 1.82 bits per heavy atom. The lowest BCUT2D eigenvalue weighted by Gasteiger charge is -2.22. The number of hydrogen-bond donors (Lipinski definition) is 1. The first-order valence-electron chi connectivity index (χ1n) is 8.43. The smallest absolute Gasteiger partial charge is 0.491 e. The van der Waals surface area contributed by atoms with E-state index in [1.165, 1.54) is 4.90 Å². The van der Waals surface area contributed by atoms with Gasteiger partial charge in [0.15, 0.2) is 11.5 Å². The summed E-state index contributed by atoms with van der Waals surface area (Å²) in [5, 5.41) is 8.65. The molecule has 1 amide bonds. The van der Waals surface area contributed by atoms with Crippen LogP contribution >= 0.6 is 0 Å². The molecule has 3 heterocycles. The van der Waals surface area contributed by atoms with Crippen molar-refractivity contribution in [1.82, 2.24) is 0 Å². The molecular weight excluding hydrogens is 370 g/mol. The summed E-state index contributed by atoms with van der Waals surface area (Å²) in [6.07, 6.45) is -1.72. The molecule has 0 fully saturated rings. The Hall–Kier alpha value is -3.75. The van der Waals surface area contributed by atoms with Crippen LogP contribution in [0, 0.1) is 0 Å². The van der Waals surface area contributed by atoms with Crippen molar-refractivity contribution in [2.24, 2.45) is 0 Å². The molecule has 9 nitrogen and oxygen atoms in total. The molecule has 1 N–H and O–H groups in total. The van der Waals surface area contributed by atoms with Gasteiger partial charge in [-0.3, -0.25) is 9.69 Å². The number of carbonyl (C=O) groups is 3. The fourth-order valence-corrected chi connectivity index (χ4v) is 3.98. The Balaban J connectivity index is 1.62. The van der Waals surface area contributed by atoms with E-state index in [-0.39, 0.29) is 13.4 Å². The van der Waals surface area contributed by atoms with Crippen LogP contribution in [-0.4, -0.2) is 43.1 Å². The molecule has 1 atom stereocenters. The standard InChI is InChI=1S/C19H13NO8/c21-16(28-18(23)24)7-20-12-4-2-1-3-10(12)19(17(20)22)8-25-13-6-15-14(5-11(13)19)26-9-27-15/h1-6H,7-9H2,(H,23,24). The maximum absolute atomic E-state index is 13.5.